The van der Waals surface area contributed by atoms with Gasteiger partial charge in [0.25, 0.3) is 5.56 Å². The molecule has 5 aromatic rings. The van der Waals surface area contributed by atoms with E-state index in [4.69, 9.17) is 0 Å². The van der Waals surface area contributed by atoms with E-state index in [0.717, 1.165) is 24.8 Å². The van der Waals surface area contributed by atoms with Crippen molar-refractivity contribution in [1.82, 2.24) is 35.0 Å². The molecular weight excluding hydrogens is 499 g/mol. The number of likely N-dealkylation sites (N-methyl/N-ethyl adjacent to an activating group) is 1. The minimum absolute atomic E-state index is 0.133. The van der Waals surface area contributed by atoms with Gasteiger partial charge in [0.05, 0.1) is 39.5 Å². The second-order valence-corrected chi connectivity index (χ2v) is 8.92. The van der Waals surface area contributed by atoms with E-state index < -0.39 is 23.3 Å². The van der Waals surface area contributed by atoms with Gasteiger partial charge in [0.15, 0.2) is 0 Å². The predicted octanol–water partition coefficient (Wildman–Crippen LogP) is 4.02. The van der Waals surface area contributed by atoms with Gasteiger partial charge in [-0.1, -0.05) is 0 Å². The van der Waals surface area contributed by atoms with E-state index in [0.29, 0.717) is 22.1 Å². The van der Waals surface area contributed by atoms with Crippen molar-refractivity contribution in [1.29, 1.82) is 0 Å². The molecule has 0 unspecified atom stereocenters. The molecule has 0 saturated carbocycles. The summed E-state index contributed by atoms with van der Waals surface area (Å²) in [6.07, 6.45) is -1.66. The Bertz CT molecular complexity index is 1670. The molecule has 13 heteroatoms. The quantitative estimate of drug-likeness (QED) is 0.194. The van der Waals surface area contributed by atoms with Crippen LogP contribution in [0.25, 0.3) is 33.5 Å². The SMILES string of the molecule is CNCCNc1ccc2nc(-c3c(N[C@@H](C)c4ncccc4C(F)(F)F)c4nn(C)cc4[nH]c3=O)[nH]c2c1. The Labute approximate surface area is 214 Å². The molecule has 0 saturated heterocycles. The van der Waals surface area contributed by atoms with Crippen molar-refractivity contribution in [2.45, 2.75) is 19.1 Å². The van der Waals surface area contributed by atoms with E-state index in [1.165, 1.54) is 16.9 Å². The largest absolute Gasteiger partial charge is 0.418 e. The van der Waals surface area contributed by atoms with Crippen LogP contribution in [-0.2, 0) is 13.2 Å². The van der Waals surface area contributed by atoms with E-state index in [1.54, 1.807) is 20.2 Å². The number of anilines is 2. The molecule has 0 aliphatic carbocycles. The Kier molecular flexibility index (Phi) is 6.53. The van der Waals surface area contributed by atoms with Gasteiger partial charge < -0.3 is 25.9 Å². The van der Waals surface area contributed by atoms with Crippen LogP contribution in [0, 0.1) is 0 Å². The number of aromatic nitrogens is 6. The van der Waals surface area contributed by atoms with Crippen molar-refractivity contribution in [2.75, 3.05) is 30.8 Å². The third-order valence-corrected chi connectivity index (χ3v) is 6.13. The number of hydrogen-bond donors (Lipinski definition) is 5. The number of nitrogens with one attached hydrogen (secondary N) is 5. The highest BCUT2D eigenvalue weighted by molar-refractivity contribution is 5.96. The molecule has 0 radical (unpaired) electrons. The first-order chi connectivity index (χ1) is 18.2. The van der Waals surface area contributed by atoms with Crippen LogP contribution in [0.2, 0.25) is 0 Å². The predicted molar refractivity (Wildman–Crippen MR) is 140 cm³/mol. The van der Waals surface area contributed by atoms with Crippen molar-refractivity contribution < 1.29 is 13.2 Å². The maximum Gasteiger partial charge on any atom is 0.418 e. The van der Waals surface area contributed by atoms with Gasteiger partial charge in [0.2, 0.25) is 0 Å². The zero-order valence-electron chi connectivity index (χ0n) is 20.9. The lowest BCUT2D eigenvalue weighted by atomic mass is 10.1. The molecule has 5 rings (SSSR count). The molecule has 0 aliphatic heterocycles. The summed E-state index contributed by atoms with van der Waals surface area (Å²) >= 11 is 0. The zero-order valence-corrected chi connectivity index (χ0v) is 20.9. The standard InChI is InChI=1S/C25H26F3N9O/c1-13(20-15(25(26,27)28)5-4-8-31-20)32-22-19(24(38)35-18-12-37(3)36-21(18)22)23-33-16-7-6-14(11-17(16)34-23)30-10-9-29-2/h4-8,11-13,29-30,32H,9-10H2,1-3H3,(H,33,34)(H,35,38)/t13-/m0/s1. The van der Waals surface area contributed by atoms with Gasteiger partial charge in [-0.25, -0.2) is 4.98 Å². The van der Waals surface area contributed by atoms with E-state index in [2.05, 4.69) is 41.0 Å². The van der Waals surface area contributed by atoms with Crippen LogP contribution in [-0.4, -0.2) is 49.9 Å². The number of rotatable bonds is 8. The van der Waals surface area contributed by atoms with Gasteiger partial charge in [-0.05, 0) is 44.3 Å². The lowest BCUT2D eigenvalue weighted by Crippen LogP contribution is -2.19. The number of hydrogen-bond acceptors (Lipinski definition) is 7. The molecule has 4 heterocycles. The summed E-state index contributed by atoms with van der Waals surface area (Å²) in [5.74, 6) is 0.257. The first kappa shape index (κ1) is 25.3. The Balaban J connectivity index is 1.62. The fourth-order valence-corrected chi connectivity index (χ4v) is 4.40. The lowest BCUT2D eigenvalue weighted by Gasteiger charge is -2.20. The Hall–Kier alpha value is -4.39. The minimum atomic E-state index is -4.59. The van der Waals surface area contributed by atoms with Gasteiger partial charge >= 0.3 is 6.18 Å². The molecule has 0 fully saturated rings. The Morgan fingerprint density at radius 3 is 2.71 bits per heavy atom. The number of aryl methyl sites for hydroxylation is 1. The lowest BCUT2D eigenvalue weighted by molar-refractivity contribution is -0.138. The first-order valence-electron chi connectivity index (χ1n) is 11.9. The fraction of sp³-hybridized carbons (Fsp3) is 0.280. The zero-order chi connectivity index (χ0) is 27.0. The molecule has 1 atom stereocenters. The molecular formula is C25H26F3N9O. The second kappa shape index (κ2) is 9.82. The van der Waals surface area contributed by atoms with E-state index >= 15 is 0 Å². The molecule has 0 spiro atoms. The van der Waals surface area contributed by atoms with Gasteiger partial charge in [-0.3, -0.25) is 14.5 Å². The summed E-state index contributed by atoms with van der Waals surface area (Å²) in [4.78, 5) is 27.9. The Morgan fingerprint density at radius 2 is 1.95 bits per heavy atom. The number of fused-ring (bicyclic) bond motifs is 2. The molecule has 5 N–H and O–H groups in total. The van der Waals surface area contributed by atoms with Crippen LogP contribution in [0.1, 0.15) is 24.2 Å². The van der Waals surface area contributed by atoms with E-state index in [1.807, 2.05) is 25.2 Å². The summed E-state index contributed by atoms with van der Waals surface area (Å²) in [5.41, 5.74) is 1.87. The molecule has 0 amide bonds. The van der Waals surface area contributed by atoms with E-state index in [-0.39, 0.29) is 22.8 Å². The molecule has 0 bridgehead atoms. The van der Waals surface area contributed by atoms with Crippen molar-refractivity contribution in [2.24, 2.45) is 7.05 Å². The molecule has 198 valence electrons. The van der Waals surface area contributed by atoms with Crippen LogP contribution < -0.4 is 21.5 Å². The average molecular weight is 526 g/mol. The number of halogens is 3. The van der Waals surface area contributed by atoms with Crippen LogP contribution >= 0.6 is 0 Å². The number of benzene rings is 1. The van der Waals surface area contributed by atoms with Gasteiger partial charge in [-0.15, -0.1) is 0 Å². The van der Waals surface area contributed by atoms with Gasteiger partial charge in [0, 0.05) is 38.2 Å². The summed E-state index contributed by atoms with van der Waals surface area (Å²) in [6, 6.07) is 6.90. The smallest absolute Gasteiger partial charge is 0.384 e. The van der Waals surface area contributed by atoms with Crippen molar-refractivity contribution >= 4 is 33.4 Å². The maximum atomic E-state index is 13.7. The highest BCUT2D eigenvalue weighted by atomic mass is 19.4. The minimum Gasteiger partial charge on any atom is -0.384 e. The van der Waals surface area contributed by atoms with Crippen LogP contribution in [0.15, 0.2) is 47.5 Å². The van der Waals surface area contributed by atoms with E-state index in [9.17, 15) is 18.0 Å². The van der Waals surface area contributed by atoms with Crippen LogP contribution in [0.5, 0.6) is 0 Å². The van der Waals surface area contributed by atoms with Gasteiger partial charge in [-0.2, -0.15) is 18.3 Å². The number of aromatic amines is 2. The topological polar surface area (TPSA) is 128 Å². The number of H-pyrrole nitrogens is 2. The molecule has 38 heavy (non-hydrogen) atoms. The molecule has 4 aromatic heterocycles. The molecule has 1 aromatic carbocycles. The summed E-state index contributed by atoms with van der Waals surface area (Å²) in [5, 5.41) is 13.9. The van der Waals surface area contributed by atoms with Crippen LogP contribution in [0.3, 0.4) is 0 Å². The number of imidazole rings is 1. The Morgan fingerprint density at radius 1 is 1.13 bits per heavy atom. The highest BCUT2D eigenvalue weighted by Gasteiger charge is 2.35. The van der Waals surface area contributed by atoms with Crippen LogP contribution in [0.4, 0.5) is 24.5 Å². The number of pyridine rings is 2. The molecule has 10 nitrogen and oxygen atoms in total. The average Bonchev–Trinajstić information content (AvgIpc) is 3.45. The van der Waals surface area contributed by atoms with Crippen molar-refractivity contribution in [3.63, 3.8) is 0 Å². The summed E-state index contributed by atoms with van der Waals surface area (Å²) in [6.45, 7) is 3.06. The maximum absolute atomic E-state index is 13.7. The van der Waals surface area contributed by atoms with Crippen molar-refractivity contribution in [3.8, 4) is 11.4 Å². The summed E-state index contributed by atoms with van der Waals surface area (Å²) in [7, 11) is 3.56. The number of nitrogens with zero attached hydrogens (tertiary/aromatic N) is 4. The number of alkyl halides is 3. The van der Waals surface area contributed by atoms with Crippen molar-refractivity contribution in [3.05, 3.63) is 64.3 Å². The third kappa shape index (κ3) is 4.79. The third-order valence-electron chi connectivity index (χ3n) is 6.13. The highest BCUT2D eigenvalue weighted by Crippen LogP contribution is 2.37. The monoisotopic (exact) mass is 525 g/mol. The summed E-state index contributed by atoms with van der Waals surface area (Å²) < 4.78 is 42.6. The second-order valence-electron chi connectivity index (χ2n) is 8.92. The van der Waals surface area contributed by atoms with Gasteiger partial charge in [0.1, 0.15) is 16.9 Å². The molecule has 0 aliphatic rings. The fourth-order valence-electron chi connectivity index (χ4n) is 4.40. The normalized spacial score (nSPS) is 12.8. The first-order valence-corrected chi connectivity index (χ1v) is 11.9.